The molecule has 1 heterocycles. The third-order valence-electron chi connectivity index (χ3n) is 3.21. The largest absolute Gasteiger partial charge is 0.298 e. The molecule has 0 bridgehead atoms. The predicted molar refractivity (Wildman–Crippen MR) is 54.6 cm³/mol. The van der Waals surface area contributed by atoms with E-state index in [1.54, 1.807) is 6.92 Å². The van der Waals surface area contributed by atoms with E-state index in [0.29, 0.717) is 12.0 Å². The van der Waals surface area contributed by atoms with Gasteiger partial charge in [0, 0.05) is 6.04 Å². The number of likely N-dealkylation sites (N-methyl/N-ethyl adjacent to an activating group) is 1. The lowest BCUT2D eigenvalue weighted by molar-refractivity contribution is -0.121. The molecule has 1 fully saturated rings. The molecule has 0 aromatic rings. The van der Waals surface area contributed by atoms with Crippen LogP contribution in [-0.4, -0.2) is 29.8 Å². The van der Waals surface area contributed by atoms with Crippen molar-refractivity contribution < 1.29 is 4.79 Å². The van der Waals surface area contributed by atoms with Crippen LogP contribution in [0.1, 0.15) is 26.7 Å². The molecule has 2 nitrogen and oxygen atoms in total. The van der Waals surface area contributed by atoms with Crippen molar-refractivity contribution in [1.29, 1.82) is 0 Å². The van der Waals surface area contributed by atoms with E-state index in [9.17, 15) is 4.79 Å². The fourth-order valence-corrected chi connectivity index (χ4v) is 2.35. The van der Waals surface area contributed by atoms with E-state index in [2.05, 4.69) is 18.4 Å². The number of ketones is 1. The zero-order valence-corrected chi connectivity index (χ0v) is 8.79. The molecule has 1 rings (SSSR count). The number of Topliss-reactive ketones (excluding diaryl/α,β-unsaturated/α-hetero) is 1. The average Bonchev–Trinajstić information content (AvgIpc) is 2.41. The van der Waals surface area contributed by atoms with Gasteiger partial charge in [0.2, 0.25) is 0 Å². The molecule has 74 valence electrons. The van der Waals surface area contributed by atoms with Crippen molar-refractivity contribution in [2.24, 2.45) is 5.92 Å². The first-order valence-corrected chi connectivity index (χ1v) is 4.96. The highest BCUT2D eigenvalue weighted by Gasteiger charge is 2.37. The summed E-state index contributed by atoms with van der Waals surface area (Å²) in [7, 11) is 2.02. The van der Waals surface area contributed by atoms with Crippen LogP contribution in [0.2, 0.25) is 0 Å². The molecule has 0 spiro atoms. The molecule has 0 aromatic carbocycles. The lowest BCUT2D eigenvalue weighted by Crippen LogP contribution is -2.36. The van der Waals surface area contributed by atoms with Gasteiger partial charge in [-0.05, 0) is 26.3 Å². The SMILES string of the molecule is C=C[C@H]1C(CC)C[C@H](C(C)=O)N1C. The number of carbonyl (C=O) groups excluding carboxylic acids is 1. The molecule has 0 radical (unpaired) electrons. The van der Waals surface area contributed by atoms with Crippen LogP contribution in [0.5, 0.6) is 0 Å². The summed E-state index contributed by atoms with van der Waals surface area (Å²) in [5.41, 5.74) is 0. The van der Waals surface area contributed by atoms with Crippen molar-refractivity contribution in [1.82, 2.24) is 4.90 Å². The lowest BCUT2D eigenvalue weighted by Gasteiger charge is -2.23. The van der Waals surface area contributed by atoms with Crippen LogP contribution in [0.3, 0.4) is 0 Å². The van der Waals surface area contributed by atoms with Crippen molar-refractivity contribution >= 4 is 5.78 Å². The first-order valence-electron chi connectivity index (χ1n) is 4.96. The van der Waals surface area contributed by atoms with E-state index < -0.39 is 0 Å². The van der Waals surface area contributed by atoms with Crippen LogP contribution in [0.4, 0.5) is 0 Å². The fraction of sp³-hybridized carbons (Fsp3) is 0.727. The van der Waals surface area contributed by atoms with Crippen molar-refractivity contribution in [3.05, 3.63) is 12.7 Å². The van der Waals surface area contributed by atoms with Crippen LogP contribution in [-0.2, 0) is 4.79 Å². The molecule has 0 aliphatic carbocycles. The maximum absolute atomic E-state index is 11.3. The van der Waals surface area contributed by atoms with Gasteiger partial charge in [0.05, 0.1) is 6.04 Å². The van der Waals surface area contributed by atoms with Crippen molar-refractivity contribution in [3.63, 3.8) is 0 Å². The molecular formula is C11H19NO. The predicted octanol–water partition coefficient (Wildman–Crippen LogP) is 1.86. The van der Waals surface area contributed by atoms with Crippen molar-refractivity contribution in [2.45, 2.75) is 38.8 Å². The summed E-state index contributed by atoms with van der Waals surface area (Å²) >= 11 is 0. The molecular weight excluding hydrogens is 162 g/mol. The summed E-state index contributed by atoms with van der Waals surface area (Å²) in [6.07, 6.45) is 4.10. The number of rotatable bonds is 3. The van der Waals surface area contributed by atoms with Gasteiger partial charge in [-0.3, -0.25) is 9.69 Å². The molecule has 1 aliphatic heterocycles. The summed E-state index contributed by atoms with van der Waals surface area (Å²) in [6, 6.07) is 0.506. The van der Waals surface area contributed by atoms with E-state index in [4.69, 9.17) is 0 Å². The maximum atomic E-state index is 11.3. The molecule has 1 unspecified atom stereocenters. The van der Waals surface area contributed by atoms with Gasteiger partial charge in [0.15, 0.2) is 0 Å². The maximum Gasteiger partial charge on any atom is 0.146 e. The highest BCUT2D eigenvalue weighted by Crippen LogP contribution is 2.31. The zero-order valence-electron chi connectivity index (χ0n) is 8.79. The van der Waals surface area contributed by atoms with Gasteiger partial charge in [-0.15, -0.1) is 6.58 Å². The minimum atomic E-state index is 0.118. The van der Waals surface area contributed by atoms with E-state index in [-0.39, 0.29) is 11.8 Å². The summed E-state index contributed by atoms with van der Waals surface area (Å²) in [4.78, 5) is 13.5. The molecule has 1 saturated heterocycles. The van der Waals surface area contributed by atoms with Gasteiger partial charge in [-0.1, -0.05) is 19.4 Å². The third kappa shape index (κ3) is 1.83. The minimum absolute atomic E-state index is 0.118. The molecule has 0 saturated carbocycles. The van der Waals surface area contributed by atoms with Crippen LogP contribution in [0.15, 0.2) is 12.7 Å². The van der Waals surface area contributed by atoms with Gasteiger partial charge in [-0.25, -0.2) is 0 Å². The molecule has 0 N–H and O–H groups in total. The normalized spacial score (nSPS) is 34.8. The standard InChI is InChI=1S/C11H19NO/c1-5-9-7-11(8(3)13)12(4)10(9)6-2/h6,9-11H,2,5,7H2,1,3-4H3/t9?,10-,11+/m0/s1. The fourth-order valence-electron chi connectivity index (χ4n) is 2.35. The average molecular weight is 181 g/mol. The quantitative estimate of drug-likeness (QED) is 0.619. The summed E-state index contributed by atoms with van der Waals surface area (Å²) in [6.45, 7) is 7.69. The van der Waals surface area contributed by atoms with E-state index in [0.717, 1.165) is 12.8 Å². The second-order valence-electron chi connectivity index (χ2n) is 3.92. The van der Waals surface area contributed by atoms with Gasteiger partial charge in [-0.2, -0.15) is 0 Å². The topological polar surface area (TPSA) is 20.3 Å². The molecule has 0 amide bonds. The van der Waals surface area contributed by atoms with E-state index in [1.807, 2.05) is 13.1 Å². The summed E-state index contributed by atoms with van der Waals surface area (Å²) < 4.78 is 0. The van der Waals surface area contributed by atoms with Gasteiger partial charge in [0.1, 0.15) is 5.78 Å². The monoisotopic (exact) mass is 181 g/mol. The number of hydrogen-bond acceptors (Lipinski definition) is 2. The number of carbonyl (C=O) groups is 1. The van der Waals surface area contributed by atoms with Crippen LogP contribution < -0.4 is 0 Å². The Morgan fingerprint density at radius 2 is 2.31 bits per heavy atom. The highest BCUT2D eigenvalue weighted by molar-refractivity contribution is 5.81. The second-order valence-corrected chi connectivity index (χ2v) is 3.92. The Kier molecular flexibility index (Phi) is 3.26. The first kappa shape index (κ1) is 10.5. The number of nitrogens with zero attached hydrogens (tertiary/aromatic N) is 1. The molecule has 2 heteroatoms. The minimum Gasteiger partial charge on any atom is -0.298 e. The van der Waals surface area contributed by atoms with Crippen LogP contribution in [0, 0.1) is 5.92 Å². The van der Waals surface area contributed by atoms with Gasteiger partial charge in [0.25, 0.3) is 0 Å². The Balaban J connectivity index is 2.76. The Bertz CT molecular complexity index is 210. The van der Waals surface area contributed by atoms with Gasteiger partial charge < -0.3 is 0 Å². The van der Waals surface area contributed by atoms with Crippen molar-refractivity contribution in [2.75, 3.05) is 7.05 Å². The van der Waals surface area contributed by atoms with Crippen LogP contribution >= 0.6 is 0 Å². The summed E-state index contributed by atoms with van der Waals surface area (Å²) in [5.74, 6) is 0.890. The van der Waals surface area contributed by atoms with E-state index >= 15 is 0 Å². The molecule has 1 aliphatic rings. The Morgan fingerprint density at radius 1 is 1.69 bits per heavy atom. The smallest absolute Gasteiger partial charge is 0.146 e. The Hall–Kier alpha value is -0.630. The second kappa shape index (κ2) is 4.05. The number of likely N-dealkylation sites (tertiary alicyclic amines) is 1. The Labute approximate surface area is 80.6 Å². The Morgan fingerprint density at radius 3 is 2.62 bits per heavy atom. The lowest BCUT2D eigenvalue weighted by atomic mass is 9.95. The highest BCUT2D eigenvalue weighted by atomic mass is 16.1. The van der Waals surface area contributed by atoms with E-state index in [1.165, 1.54) is 0 Å². The molecule has 3 atom stereocenters. The van der Waals surface area contributed by atoms with Gasteiger partial charge >= 0.3 is 0 Å². The van der Waals surface area contributed by atoms with Crippen LogP contribution in [0.25, 0.3) is 0 Å². The molecule has 13 heavy (non-hydrogen) atoms. The third-order valence-corrected chi connectivity index (χ3v) is 3.21. The zero-order chi connectivity index (χ0) is 10.0. The van der Waals surface area contributed by atoms with Crippen molar-refractivity contribution in [3.8, 4) is 0 Å². The first-order chi connectivity index (χ1) is 6.11. The molecule has 0 aromatic heterocycles. The summed E-state index contributed by atoms with van der Waals surface area (Å²) in [5, 5.41) is 0. The number of hydrogen-bond donors (Lipinski definition) is 0.